The summed E-state index contributed by atoms with van der Waals surface area (Å²) in [5, 5.41) is 3.36. The molecule has 2 aliphatic carbocycles. The van der Waals surface area contributed by atoms with Gasteiger partial charge in [-0.2, -0.15) is 0 Å². The Bertz CT molecular complexity index is 205. The lowest BCUT2D eigenvalue weighted by Crippen LogP contribution is -2.55. The van der Waals surface area contributed by atoms with Crippen LogP contribution in [0.2, 0.25) is 0 Å². The highest BCUT2D eigenvalue weighted by atomic mass is 19.3. The summed E-state index contributed by atoms with van der Waals surface area (Å²) in [7, 11) is 0. The first-order valence-electron chi connectivity index (χ1n) is 5.64. The largest absolute Gasteiger partial charge is 0.316 e. The Morgan fingerprint density at radius 2 is 2.00 bits per heavy atom. The van der Waals surface area contributed by atoms with E-state index in [2.05, 4.69) is 12.2 Å². The lowest BCUT2D eigenvalue weighted by molar-refractivity contribution is -0.205. The average molecular weight is 205 g/mol. The third kappa shape index (κ3) is 1.92. The van der Waals surface area contributed by atoms with Crippen molar-refractivity contribution in [3.63, 3.8) is 0 Å². The van der Waals surface area contributed by atoms with Crippen molar-refractivity contribution in [1.82, 2.24) is 5.32 Å². The Labute approximate surface area is 85.7 Å². The lowest BCUT2D eigenvalue weighted by Gasteiger charge is -2.57. The predicted octanol–water partition coefficient (Wildman–Crippen LogP) is 3.06. The summed E-state index contributed by atoms with van der Waals surface area (Å²) in [5.41, 5.74) is 0.0576. The second-order valence-electron chi connectivity index (χ2n) is 5.19. The van der Waals surface area contributed by atoms with E-state index in [1.165, 1.54) is 0 Å². The van der Waals surface area contributed by atoms with Gasteiger partial charge < -0.3 is 5.32 Å². The summed E-state index contributed by atoms with van der Waals surface area (Å²) in [5.74, 6) is -1.67. The highest BCUT2D eigenvalue weighted by Crippen LogP contribution is 2.64. The van der Waals surface area contributed by atoms with E-state index in [0.717, 1.165) is 32.4 Å². The molecule has 84 valence electrons. The maximum absolute atomic E-state index is 12.7. The van der Waals surface area contributed by atoms with Crippen molar-refractivity contribution in [2.24, 2.45) is 11.3 Å². The molecule has 14 heavy (non-hydrogen) atoms. The smallest absolute Gasteiger partial charge is 0.249 e. The van der Waals surface area contributed by atoms with Gasteiger partial charge in [0, 0.05) is 14.3 Å². The summed E-state index contributed by atoms with van der Waals surface area (Å²) in [6, 6.07) is 0. The minimum atomic E-state index is -2.33. The summed E-state index contributed by atoms with van der Waals surface area (Å²) in [4.78, 5) is 0. The van der Waals surface area contributed by atoms with Gasteiger partial charge in [0.2, 0.25) is 5.92 Å². The van der Waals surface area contributed by atoms with E-state index in [0.29, 0.717) is 5.92 Å². The van der Waals surface area contributed by atoms with E-state index in [9.17, 15) is 8.78 Å². The molecule has 0 heterocycles. The second-order valence-corrected chi connectivity index (χ2v) is 5.19. The Balaban J connectivity index is 0.00000112. The minimum Gasteiger partial charge on any atom is -0.316 e. The third-order valence-corrected chi connectivity index (χ3v) is 3.57. The molecular weight excluding hydrogens is 184 g/mol. The Morgan fingerprint density at radius 1 is 1.36 bits per heavy atom. The van der Waals surface area contributed by atoms with Crippen LogP contribution < -0.4 is 5.32 Å². The van der Waals surface area contributed by atoms with E-state index >= 15 is 0 Å². The van der Waals surface area contributed by atoms with Gasteiger partial charge in [0.1, 0.15) is 0 Å². The molecule has 0 radical (unpaired) electrons. The molecule has 0 aromatic carbocycles. The molecule has 0 aliphatic heterocycles. The van der Waals surface area contributed by atoms with Crippen LogP contribution in [-0.2, 0) is 0 Å². The van der Waals surface area contributed by atoms with Crippen molar-refractivity contribution in [3.8, 4) is 0 Å². The van der Waals surface area contributed by atoms with Crippen molar-refractivity contribution >= 4 is 0 Å². The zero-order chi connectivity index (χ0) is 10.2. The molecule has 1 N–H and O–H groups in total. The van der Waals surface area contributed by atoms with Gasteiger partial charge in [0.25, 0.3) is 0 Å². The van der Waals surface area contributed by atoms with Crippen molar-refractivity contribution < 1.29 is 10.2 Å². The number of hydrogen-bond acceptors (Lipinski definition) is 1. The van der Waals surface area contributed by atoms with Crippen LogP contribution in [0, 0.1) is 11.3 Å². The quantitative estimate of drug-likeness (QED) is 0.695. The first kappa shape index (κ1) is 10.3. The Morgan fingerprint density at radius 3 is 2.50 bits per heavy atom. The molecule has 0 unspecified atom stereocenters. The van der Waals surface area contributed by atoms with Crippen LogP contribution >= 0.6 is 0 Å². The topological polar surface area (TPSA) is 12.0 Å². The van der Waals surface area contributed by atoms with Crippen molar-refractivity contribution in [3.05, 3.63) is 0 Å². The normalized spacial score (nSPS) is 28.5. The third-order valence-electron chi connectivity index (χ3n) is 3.57. The standard InChI is InChI=1S/C11H19F2N.H2/c1-2-3-14-6-9-4-10(5-9)7-11(12,13)8-10;/h9,14H,2-8H2,1H3;1H. The van der Waals surface area contributed by atoms with Crippen LogP contribution in [0.25, 0.3) is 0 Å². The molecule has 0 bridgehead atoms. The molecule has 0 atom stereocenters. The highest BCUT2D eigenvalue weighted by Gasteiger charge is 2.61. The van der Waals surface area contributed by atoms with E-state index in [-0.39, 0.29) is 19.7 Å². The number of alkyl halides is 2. The van der Waals surface area contributed by atoms with Gasteiger partial charge in [-0.3, -0.25) is 0 Å². The molecule has 0 aromatic rings. The maximum atomic E-state index is 12.7. The molecule has 2 fully saturated rings. The Hall–Kier alpha value is -0.180. The number of nitrogens with one attached hydrogen (secondary N) is 1. The van der Waals surface area contributed by atoms with Crippen LogP contribution in [0.15, 0.2) is 0 Å². The summed E-state index contributed by atoms with van der Waals surface area (Å²) in [6.07, 6.45) is 3.52. The predicted molar refractivity (Wildman–Crippen MR) is 54.6 cm³/mol. The van der Waals surface area contributed by atoms with Crippen molar-refractivity contribution in [2.75, 3.05) is 13.1 Å². The molecule has 0 aromatic heterocycles. The second kappa shape index (κ2) is 3.44. The van der Waals surface area contributed by atoms with Crippen LogP contribution in [0.5, 0.6) is 0 Å². The lowest BCUT2D eigenvalue weighted by atomic mass is 9.50. The first-order chi connectivity index (χ1) is 6.55. The summed E-state index contributed by atoms with van der Waals surface area (Å²) >= 11 is 0. The molecular formula is C11H21F2N. The van der Waals surface area contributed by atoms with Gasteiger partial charge in [-0.25, -0.2) is 8.78 Å². The van der Waals surface area contributed by atoms with E-state index in [1.807, 2.05) is 0 Å². The van der Waals surface area contributed by atoms with Gasteiger partial charge >= 0.3 is 0 Å². The van der Waals surface area contributed by atoms with Gasteiger partial charge in [0.05, 0.1) is 0 Å². The fourth-order valence-corrected chi connectivity index (χ4v) is 3.13. The van der Waals surface area contributed by atoms with E-state index in [4.69, 9.17) is 0 Å². The molecule has 0 saturated heterocycles. The fourth-order valence-electron chi connectivity index (χ4n) is 3.13. The van der Waals surface area contributed by atoms with E-state index in [1.54, 1.807) is 0 Å². The number of hydrogen-bond donors (Lipinski definition) is 1. The molecule has 1 spiro atoms. The van der Waals surface area contributed by atoms with Crippen LogP contribution in [0.1, 0.15) is 40.5 Å². The van der Waals surface area contributed by atoms with Crippen LogP contribution in [0.3, 0.4) is 0 Å². The summed E-state index contributed by atoms with van der Waals surface area (Å²) < 4.78 is 25.3. The Kier molecular flexibility index (Phi) is 2.54. The zero-order valence-corrected chi connectivity index (χ0v) is 8.78. The van der Waals surface area contributed by atoms with Crippen molar-refractivity contribution in [1.29, 1.82) is 0 Å². The average Bonchev–Trinajstić information content (AvgIpc) is 1.97. The fraction of sp³-hybridized carbons (Fsp3) is 1.00. The maximum Gasteiger partial charge on any atom is 0.249 e. The van der Waals surface area contributed by atoms with Crippen LogP contribution in [-0.4, -0.2) is 19.0 Å². The molecule has 0 amide bonds. The van der Waals surface area contributed by atoms with Gasteiger partial charge in [-0.1, -0.05) is 6.92 Å². The molecule has 2 rings (SSSR count). The molecule has 1 nitrogen and oxygen atoms in total. The van der Waals surface area contributed by atoms with Gasteiger partial charge in [-0.15, -0.1) is 0 Å². The van der Waals surface area contributed by atoms with Gasteiger partial charge in [0.15, 0.2) is 0 Å². The van der Waals surface area contributed by atoms with E-state index < -0.39 is 5.92 Å². The SMILES string of the molecule is CCCNCC1CC2(C1)CC(F)(F)C2.[HH]. The van der Waals surface area contributed by atoms with Crippen molar-refractivity contribution in [2.45, 2.75) is 45.0 Å². The zero-order valence-electron chi connectivity index (χ0n) is 8.78. The molecule has 2 aliphatic rings. The number of rotatable bonds is 4. The molecule has 2 saturated carbocycles. The van der Waals surface area contributed by atoms with Gasteiger partial charge in [-0.05, 0) is 43.7 Å². The first-order valence-corrected chi connectivity index (χ1v) is 5.64. The number of halogens is 2. The highest BCUT2D eigenvalue weighted by molar-refractivity contribution is 5.06. The minimum absolute atomic E-state index is 0. The summed E-state index contributed by atoms with van der Waals surface area (Å²) in [6.45, 7) is 4.22. The monoisotopic (exact) mass is 205 g/mol. The molecule has 3 heteroatoms. The van der Waals surface area contributed by atoms with Crippen LogP contribution in [0.4, 0.5) is 8.78 Å².